The molecule has 1 aliphatic heterocycles. The second kappa shape index (κ2) is 6.71. The Kier molecular flexibility index (Phi) is 5.22. The van der Waals surface area contributed by atoms with Crippen LogP contribution >= 0.6 is 0 Å². The first-order chi connectivity index (χ1) is 9.13. The number of hydrogen-bond acceptors (Lipinski definition) is 3. The van der Waals surface area contributed by atoms with Crippen LogP contribution in [0.5, 0.6) is 0 Å². The van der Waals surface area contributed by atoms with Gasteiger partial charge in [0, 0.05) is 6.42 Å². The van der Waals surface area contributed by atoms with Gasteiger partial charge in [-0.15, -0.1) is 0 Å². The molecular formula is C15H28N2O2. The Morgan fingerprint density at radius 1 is 1.47 bits per heavy atom. The van der Waals surface area contributed by atoms with Crippen molar-refractivity contribution in [3.8, 4) is 0 Å². The standard InChI is InChI=1S/C15H28N2O2/c1-12-3-2-7-15(9-12,11-18)17-14(19)5-4-13-6-8-16-10-13/h12-13,16,18H,2-11H2,1H3,(H,17,19). The van der Waals surface area contributed by atoms with Gasteiger partial charge in [-0.25, -0.2) is 0 Å². The normalized spacial score (nSPS) is 35.3. The summed E-state index contributed by atoms with van der Waals surface area (Å²) in [6, 6.07) is 0. The largest absolute Gasteiger partial charge is 0.394 e. The van der Waals surface area contributed by atoms with Crippen molar-refractivity contribution in [2.45, 2.75) is 57.4 Å². The molecule has 2 fully saturated rings. The zero-order chi connectivity index (χ0) is 13.7. The minimum atomic E-state index is -0.345. The molecule has 3 atom stereocenters. The van der Waals surface area contributed by atoms with Crippen molar-refractivity contribution < 1.29 is 9.90 Å². The van der Waals surface area contributed by atoms with Crippen LogP contribution < -0.4 is 10.6 Å². The van der Waals surface area contributed by atoms with Gasteiger partial charge >= 0.3 is 0 Å². The van der Waals surface area contributed by atoms with E-state index in [0.717, 1.165) is 38.8 Å². The van der Waals surface area contributed by atoms with E-state index in [0.29, 0.717) is 18.3 Å². The maximum absolute atomic E-state index is 12.1. The van der Waals surface area contributed by atoms with E-state index in [2.05, 4.69) is 17.6 Å². The van der Waals surface area contributed by atoms with E-state index in [4.69, 9.17) is 0 Å². The highest BCUT2D eigenvalue weighted by atomic mass is 16.3. The maximum Gasteiger partial charge on any atom is 0.220 e. The first-order valence-electron chi connectivity index (χ1n) is 7.76. The fourth-order valence-corrected chi connectivity index (χ4v) is 3.61. The van der Waals surface area contributed by atoms with Gasteiger partial charge < -0.3 is 15.7 Å². The molecule has 4 nitrogen and oxygen atoms in total. The van der Waals surface area contributed by atoms with Crippen molar-refractivity contribution in [1.29, 1.82) is 0 Å². The Balaban J connectivity index is 1.78. The van der Waals surface area contributed by atoms with Crippen molar-refractivity contribution in [3.05, 3.63) is 0 Å². The minimum Gasteiger partial charge on any atom is -0.394 e. The molecule has 1 saturated carbocycles. The summed E-state index contributed by atoms with van der Waals surface area (Å²) in [5, 5.41) is 16.1. The van der Waals surface area contributed by atoms with Gasteiger partial charge in [-0.2, -0.15) is 0 Å². The van der Waals surface area contributed by atoms with Crippen molar-refractivity contribution in [2.75, 3.05) is 19.7 Å². The Bertz CT molecular complexity index is 303. The highest BCUT2D eigenvalue weighted by Crippen LogP contribution is 2.32. The van der Waals surface area contributed by atoms with Gasteiger partial charge in [0.2, 0.25) is 5.91 Å². The summed E-state index contributed by atoms with van der Waals surface area (Å²) in [5.74, 6) is 1.37. The van der Waals surface area contributed by atoms with E-state index in [9.17, 15) is 9.90 Å². The first kappa shape index (κ1) is 14.8. The number of hydrogen-bond donors (Lipinski definition) is 3. The van der Waals surface area contributed by atoms with Crippen LogP contribution in [0.15, 0.2) is 0 Å². The van der Waals surface area contributed by atoms with E-state index < -0.39 is 0 Å². The molecule has 1 amide bonds. The van der Waals surface area contributed by atoms with Gasteiger partial charge in [-0.1, -0.05) is 19.8 Å². The van der Waals surface area contributed by atoms with Crippen LogP contribution in [-0.4, -0.2) is 36.2 Å². The molecule has 0 aromatic rings. The summed E-state index contributed by atoms with van der Waals surface area (Å²) in [5.41, 5.74) is -0.345. The minimum absolute atomic E-state index is 0.0774. The molecule has 0 spiro atoms. The van der Waals surface area contributed by atoms with Crippen LogP contribution in [0.25, 0.3) is 0 Å². The Morgan fingerprint density at radius 2 is 2.32 bits per heavy atom. The molecule has 1 saturated heterocycles. The lowest BCUT2D eigenvalue weighted by atomic mass is 9.76. The van der Waals surface area contributed by atoms with Gasteiger partial charge in [0.05, 0.1) is 12.1 Å². The third-order valence-electron chi connectivity index (χ3n) is 4.74. The van der Waals surface area contributed by atoms with Crippen molar-refractivity contribution in [1.82, 2.24) is 10.6 Å². The second-order valence-corrected chi connectivity index (χ2v) is 6.59. The Morgan fingerprint density at radius 3 is 2.95 bits per heavy atom. The molecular weight excluding hydrogens is 240 g/mol. The van der Waals surface area contributed by atoms with E-state index in [1.54, 1.807) is 0 Å². The lowest BCUT2D eigenvalue weighted by molar-refractivity contribution is -0.124. The molecule has 2 aliphatic rings. The van der Waals surface area contributed by atoms with Crippen LogP contribution in [0.1, 0.15) is 51.9 Å². The zero-order valence-corrected chi connectivity index (χ0v) is 12.1. The van der Waals surface area contributed by atoms with Crippen molar-refractivity contribution in [3.63, 3.8) is 0 Å². The molecule has 0 bridgehead atoms. The van der Waals surface area contributed by atoms with Gasteiger partial charge in [-0.05, 0) is 50.6 Å². The molecule has 0 radical (unpaired) electrons. The SMILES string of the molecule is CC1CCCC(CO)(NC(=O)CCC2CCNC2)C1. The van der Waals surface area contributed by atoms with Gasteiger partial charge in [0.25, 0.3) is 0 Å². The Hall–Kier alpha value is -0.610. The number of rotatable bonds is 5. The molecule has 1 aliphatic carbocycles. The summed E-state index contributed by atoms with van der Waals surface area (Å²) >= 11 is 0. The lowest BCUT2D eigenvalue weighted by Crippen LogP contribution is -2.53. The summed E-state index contributed by atoms with van der Waals surface area (Å²) in [4.78, 5) is 12.1. The smallest absolute Gasteiger partial charge is 0.220 e. The zero-order valence-electron chi connectivity index (χ0n) is 12.1. The summed E-state index contributed by atoms with van der Waals surface area (Å²) in [6.45, 7) is 4.42. The summed E-state index contributed by atoms with van der Waals surface area (Å²) < 4.78 is 0. The quantitative estimate of drug-likeness (QED) is 0.707. The molecule has 0 aromatic heterocycles. The average molecular weight is 268 g/mol. The van der Waals surface area contributed by atoms with E-state index >= 15 is 0 Å². The topological polar surface area (TPSA) is 61.4 Å². The number of nitrogens with one attached hydrogen (secondary N) is 2. The van der Waals surface area contributed by atoms with Gasteiger partial charge in [0.15, 0.2) is 0 Å². The molecule has 110 valence electrons. The molecule has 3 unspecified atom stereocenters. The molecule has 4 heteroatoms. The van der Waals surface area contributed by atoms with Gasteiger partial charge in [0.1, 0.15) is 0 Å². The number of amides is 1. The molecule has 3 N–H and O–H groups in total. The summed E-state index contributed by atoms with van der Waals surface area (Å²) in [6.07, 6.45) is 6.92. The fraction of sp³-hybridized carbons (Fsp3) is 0.933. The number of aliphatic hydroxyl groups is 1. The van der Waals surface area contributed by atoms with Gasteiger partial charge in [-0.3, -0.25) is 4.79 Å². The molecule has 2 rings (SSSR count). The number of aliphatic hydroxyl groups excluding tert-OH is 1. The second-order valence-electron chi connectivity index (χ2n) is 6.59. The highest BCUT2D eigenvalue weighted by molar-refractivity contribution is 5.76. The molecule has 0 aromatic carbocycles. The average Bonchev–Trinajstić information content (AvgIpc) is 2.89. The number of carbonyl (C=O) groups is 1. The third-order valence-corrected chi connectivity index (χ3v) is 4.74. The van der Waals surface area contributed by atoms with E-state index in [1.165, 1.54) is 12.8 Å². The summed E-state index contributed by atoms with van der Waals surface area (Å²) in [7, 11) is 0. The van der Waals surface area contributed by atoms with Crippen molar-refractivity contribution >= 4 is 5.91 Å². The third kappa shape index (κ3) is 4.18. The van der Waals surface area contributed by atoms with Crippen LogP contribution in [0.4, 0.5) is 0 Å². The first-order valence-corrected chi connectivity index (χ1v) is 7.76. The van der Waals surface area contributed by atoms with Crippen LogP contribution in [-0.2, 0) is 4.79 Å². The lowest BCUT2D eigenvalue weighted by Gasteiger charge is -2.39. The number of carbonyl (C=O) groups excluding carboxylic acids is 1. The monoisotopic (exact) mass is 268 g/mol. The van der Waals surface area contributed by atoms with E-state index in [-0.39, 0.29) is 18.1 Å². The molecule has 19 heavy (non-hydrogen) atoms. The molecule has 1 heterocycles. The fourth-order valence-electron chi connectivity index (χ4n) is 3.61. The van der Waals surface area contributed by atoms with E-state index in [1.807, 2.05) is 0 Å². The van der Waals surface area contributed by atoms with Crippen molar-refractivity contribution in [2.24, 2.45) is 11.8 Å². The predicted molar refractivity (Wildman–Crippen MR) is 75.8 cm³/mol. The van der Waals surface area contributed by atoms with Crippen LogP contribution in [0, 0.1) is 11.8 Å². The van der Waals surface area contributed by atoms with Crippen LogP contribution in [0.2, 0.25) is 0 Å². The van der Waals surface area contributed by atoms with Crippen LogP contribution in [0.3, 0.4) is 0 Å². The highest BCUT2D eigenvalue weighted by Gasteiger charge is 2.35. The maximum atomic E-state index is 12.1. The predicted octanol–water partition coefficient (Wildman–Crippen LogP) is 1.43. The Labute approximate surface area is 116 Å².